The Bertz CT molecular complexity index is 2030. The molecule has 0 saturated carbocycles. The number of aromatic amines is 1. The predicted octanol–water partition coefficient (Wildman–Crippen LogP) is 6.37. The minimum Gasteiger partial charge on any atom is -0.508 e. The van der Waals surface area contributed by atoms with Gasteiger partial charge in [0.1, 0.15) is 28.9 Å². The largest absolute Gasteiger partial charge is 0.508 e. The molecule has 216 valence electrons. The molecule has 1 fully saturated rings. The van der Waals surface area contributed by atoms with Gasteiger partial charge in [-0.2, -0.15) is 0 Å². The molecular weight excluding hydrogens is 548 g/mol. The van der Waals surface area contributed by atoms with Crippen LogP contribution < -0.4 is 5.56 Å². The molecule has 1 aliphatic heterocycles. The Morgan fingerprint density at radius 2 is 1.72 bits per heavy atom. The van der Waals surface area contributed by atoms with Crippen molar-refractivity contribution in [3.05, 3.63) is 124 Å². The van der Waals surface area contributed by atoms with Crippen LogP contribution in [0.15, 0.2) is 90.0 Å². The fourth-order valence-corrected chi connectivity index (χ4v) is 6.11. The summed E-state index contributed by atoms with van der Waals surface area (Å²) in [6, 6.07) is 20.9. The van der Waals surface area contributed by atoms with Crippen LogP contribution in [0.5, 0.6) is 5.75 Å². The van der Waals surface area contributed by atoms with E-state index in [1.54, 1.807) is 12.1 Å². The van der Waals surface area contributed by atoms with Crippen LogP contribution in [0.3, 0.4) is 0 Å². The number of phenols is 1. The number of para-hydroxylation sites is 1. The number of fused-ring (bicyclic) bond motifs is 2. The van der Waals surface area contributed by atoms with Gasteiger partial charge < -0.3 is 15.0 Å². The van der Waals surface area contributed by atoms with Crippen LogP contribution in [0.4, 0.5) is 8.78 Å². The first kappa shape index (κ1) is 27.0. The first-order valence-corrected chi connectivity index (χ1v) is 14.3. The highest BCUT2D eigenvalue weighted by atomic mass is 19.1. The van der Waals surface area contributed by atoms with Gasteiger partial charge in [-0.25, -0.2) is 18.7 Å². The second-order valence-electron chi connectivity index (χ2n) is 11.3. The Kier molecular flexibility index (Phi) is 6.74. The van der Waals surface area contributed by atoms with Crippen molar-refractivity contribution >= 4 is 21.9 Å². The molecule has 1 atom stereocenters. The smallest absolute Gasteiger partial charge is 0.262 e. The molecule has 9 heteroatoms. The molecule has 2 N–H and O–H groups in total. The van der Waals surface area contributed by atoms with Crippen LogP contribution in [0.25, 0.3) is 33.1 Å². The maximum atomic E-state index is 14.5. The first-order chi connectivity index (χ1) is 20.9. The second-order valence-corrected chi connectivity index (χ2v) is 11.3. The number of nitrogens with one attached hydrogen (secondary N) is 1. The van der Waals surface area contributed by atoms with Crippen molar-refractivity contribution < 1.29 is 13.9 Å². The van der Waals surface area contributed by atoms with Gasteiger partial charge in [-0.05, 0) is 98.1 Å². The van der Waals surface area contributed by atoms with Gasteiger partial charge in [-0.3, -0.25) is 9.36 Å². The molecule has 7 rings (SSSR count). The molecular formula is C34H29F2N5O2. The number of rotatable bonds is 5. The third-order valence-electron chi connectivity index (χ3n) is 8.52. The van der Waals surface area contributed by atoms with Gasteiger partial charge in [0.25, 0.3) is 5.56 Å². The Labute approximate surface area is 246 Å². The lowest BCUT2D eigenvalue weighted by Crippen LogP contribution is -2.29. The van der Waals surface area contributed by atoms with Crippen LogP contribution in [0.1, 0.15) is 41.8 Å². The van der Waals surface area contributed by atoms with E-state index < -0.39 is 23.2 Å². The maximum Gasteiger partial charge on any atom is 0.262 e. The van der Waals surface area contributed by atoms with Crippen LogP contribution in [-0.4, -0.2) is 49.7 Å². The molecule has 7 nitrogen and oxygen atoms in total. The third-order valence-corrected chi connectivity index (χ3v) is 8.52. The summed E-state index contributed by atoms with van der Waals surface area (Å²) in [5.74, 6) is -0.661. The summed E-state index contributed by atoms with van der Waals surface area (Å²) in [4.78, 5) is 28.3. The van der Waals surface area contributed by atoms with Gasteiger partial charge in [0.2, 0.25) is 0 Å². The molecule has 43 heavy (non-hydrogen) atoms. The number of aromatic hydroxyl groups is 1. The van der Waals surface area contributed by atoms with Crippen LogP contribution in [-0.2, 0) is 0 Å². The standard InChI is InChI=1S/C34H29F2N5O2/c1-40-15-13-22(14-16-40)20-5-7-21(8-6-20)23-9-11-25-29(17-23)37-19-41(34(25)43)32(26-18-24(35)10-12-30(26)42)33-38-28-4-2-3-27(36)31(28)39-33/h2-12,17-19,22,32,42H,13-16H2,1H3,(H,38,39). The fraction of sp³-hybridized carbons (Fsp3) is 0.206. The Morgan fingerprint density at radius 1 is 0.953 bits per heavy atom. The lowest BCUT2D eigenvalue weighted by Gasteiger charge is -2.29. The van der Waals surface area contributed by atoms with Gasteiger partial charge >= 0.3 is 0 Å². The van der Waals surface area contributed by atoms with Crippen molar-refractivity contribution in [1.82, 2.24) is 24.4 Å². The highest BCUT2D eigenvalue weighted by Gasteiger charge is 2.26. The molecule has 3 heterocycles. The zero-order chi connectivity index (χ0) is 29.7. The Balaban J connectivity index is 1.29. The van der Waals surface area contributed by atoms with E-state index in [1.165, 1.54) is 34.7 Å². The predicted molar refractivity (Wildman–Crippen MR) is 162 cm³/mol. The average molecular weight is 578 g/mol. The Morgan fingerprint density at radius 3 is 2.49 bits per heavy atom. The number of piperidine rings is 1. The molecule has 1 saturated heterocycles. The van der Waals surface area contributed by atoms with Crippen molar-refractivity contribution in [2.45, 2.75) is 24.8 Å². The summed E-state index contributed by atoms with van der Waals surface area (Å²) in [6.45, 7) is 2.21. The number of benzene rings is 4. The van der Waals surface area contributed by atoms with Crippen LogP contribution >= 0.6 is 0 Å². The van der Waals surface area contributed by atoms with Crippen molar-refractivity contribution in [2.75, 3.05) is 20.1 Å². The highest BCUT2D eigenvalue weighted by molar-refractivity contribution is 5.83. The van der Waals surface area contributed by atoms with Gasteiger partial charge in [-0.15, -0.1) is 0 Å². The lowest BCUT2D eigenvalue weighted by molar-refractivity contribution is 0.255. The van der Waals surface area contributed by atoms with Gasteiger partial charge in [-0.1, -0.05) is 36.4 Å². The van der Waals surface area contributed by atoms with E-state index in [-0.39, 0.29) is 22.7 Å². The fourth-order valence-electron chi connectivity index (χ4n) is 6.11. The van der Waals surface area contributed by atoms with E-state index >= 15 is 0 Å². The number of likely N-dealkylation sites (tertiary alicyclic amines) is 1. The summed E-state index contributed by atoms with van der Waals surface area (Å²) in [5, 5.41) is 11.1. The zero-order valence-corrected chi connectivity index (χ0v) is 23.5. The quantitative estimate of drug-likeness (QED) is 0.249. The molecule has 4 aromatic carbocycles. The molecule has 2 aromatic heterocycles. The van der Waals surface area contributed by atoms with E-state index in [0.29, 0.717) is 22.3 Å². The summed E-state index contributed by atoms with van der Waals surface area (Å²) in [5.41, 5.74) is 3.95. The minimum absolute atomic E-state index is 0.0756. The number of nitrogens with zero attached hydrogens (tertiary/aromatic N) is 4. The van der Waals surface area contributed by atoms with Crippen molar-refractivity contribution in [3.8, 4) is 16.9 Å². The number of H-pyrrole nitrogens is 1. The number of phenolic OH excluding ortho intramolecular Hbond substituents is 1. The normalized spacial score (nSPS) is 15.3. The van der Waals surface area contributed by atoms with E-state index in [2.05, 4.69) is 51.2 Å². The molecule has 0 bridgehead atoms. The number of aromatic nitrogens is 4. The van der Waals surface area contributed by atoms with Crippen molar-refractivity contribution in [1.29, 1.82) is 0 Å². The molecule has 0 aliphatic carbocycles. The van der Waals surface area contributed by atoms with E-state index in [0.717, 1.165) is 49.2 Å². The zero-order valence-electron chi connectivity index (χ0n) is 23.5. The van der Waals surface area contributed by atoms with E-state index in [4.69, 9.17) is 0 Å². The van der Waals surface area contributed by atoms with Crippen LogP contribution in [0, 0.1) is 11.6 Å². The summed E-state index contributed by atoms with van der Waals surface area (Å²) in [6.07, 6.45) is 3.66. The summed E-state index contributed by atoms with van der Waals surface area (Å²) >= 11 is 0. The third kappa shape index (κ3) is 4.95. The maximum absolute atomic E-state index is 14.5. The number of hydrogen-bond acceptors (Lipinski definition) is 5. The molecule has 1 unspecified atom stereocenters. The number of halogens is 2. The first-order valence-electron chi connectivity index (χ1n) is 14.3. The topological polar surface area (TPSA) is 87.0 Å². The van der Waals surface area contributed by atoms with Gasteiger partial charge in [0.05, 0.1) is 22.7 Å². The van der Waals surface area contributed by atoms with Gasteiger partial charge in [0, 0.05) is 5.56 Å². The molecule has 6 aromatic rings. The van der Waals surface area contributed by atoms with Crippen molar-refractivity contribution in [2.24, 2.45) is 0 Å². The minimum atomic E-state index is -1.10. The molecule has 0 radical (unpaired) electrons. The average Bonchev–Trinajstić information content (AvgIpc) is 3.46. The molecule has 1 aliphatic rings. The summed E-state index contributed by atoms with van der Waals surface area (Å²) in [7, 11) is 2.16. The molecule has 0 amide bonds. The SMILES string of the molecule is CN1CCC(c2ccc(-c3ccc4c(=O)n(C(c5nc6c(F)cccc6[nH]5)c5cc(F)ccc5O)cnc4c3)cc2)CC1. The monoisotopic (exact) mass is 577 g/mol. The van der Waals surface area contributed by atoms with Crippen molar-refractivity contribution in [3.63, 3.8) is 0 Å². The van der Waals surface area contributed by atoms with Crippen LogP contribution in [0.2, 0.25) is 0 Å². The summed E-state index contributed by atoms with van der Waals surface area (Å²) < 4.78 is 30.2. The number of hydrogen-bond donors (Lipinski definition) is 2. The second kappa shape index (κ2) is 10.7. The number of imidazole rings is 1. The highest BCUT2D eigenvalue weighted by Crippen LogP contribution is 2.34. The van der Waals surface area contributed by atoms with E-state index in [1.807, 2.05) is 12.1 Å². The lowest BCUT2D eigenvalue weighted by atomic mass is 9.88. The van der Waals surface area contributed by atoms with E-state index in [9.17, 15) is 18.7 Å². The van der Waals surface area contributed by atoms with Gasteiger partial charge in [0.15, 0.2) is 5.82 Å². The molecule has 0 spiro atoms. The Hall–Kier alpha value is -4.89.